The average molecular weight is 348 g/mol. The number of carbonyl (C=O) groups excluding carboxylic acids is 1. The highest BCUT2D eigenvalue weighted by atomic mass is 16.5. The predicted molar refractivity (Wildman–Crippen MR) is 101 cm³/mol. The molecule has 0 radical (unpaired) electrons. The molecular formula is C20H20N4O2. The van der Waals surface area contributed by atoms with Gasteiger partial charge >= 0.3 is 0 Å². The monoisotopic (exact) mass is 348 g/mol. The van der Waals surface area contributed by atoms with Crippen molar-refractivity contribution in [2.75, 3.05) is 17.7 Å². The largest absolute Gasteiger partial charge is 0.495 e. The van der Waals surface area contributed by atoms with E-state index in [0.29, 0.717) is 23.9 Å². The molecule has 1 amide bonds. The summed E-state index contributed by atoms with van der Waals surface area (Å²) in [5.74, 6) is 0.669. The maximum absolute atomic E-state index is 12.5. The smallest absolute Gasteiger partial charge is 0.274 e. The number of hydrogen-bond donors (Lipinski definition) is 2. The van der Waals surface area contributed by atoms with Crippen molar-refractivity contribution in [3.05, 3.63) is 77.6 Å². The maximum Gasteiger partial charge on any atom is 0.274 e. The number of hydrogen-bond acceptors (Lipinski definition) is 5. The van der Waals surface area contributed by atoms with Crippen LogP contribution in [-0.2, 0) is 6.54 Å². The van der Waals surface area contributed by atoms with Crippen molar-refractivity contribution in [3.63, 3.8) is 0 Å². The average Bonchev–Trinajstić information content (AvgIpc) is 2.67. The molecule has 3 aromatic rings. The Balaban J connectivity index is 1.69. The number of para-hydroxylation sites is 2. The van der Waals surface area contributed by atoms with Crippen LogP contribution < -0.4 is 15.4 Å². The lowest BCUT2D eigenvalue weighted by Gasteiger charge is -2.10. The molecule has 0 aliphatic heterocycles. The third-order valence-corrected chi connectivity index (χ3v) is 3.78. The van der Waals surface area contributed by atoms with E-state index in [-0.39, 0.29) is 11.6 Å². The number of carbonyl (C=O) groups is 1. The van der Waals surface area contributed by atoms with E-state index in [1.807, 2.05) is 37.3 Å². The van der Waals surface area contributed by atoms with E-state index in [2.05, 4.69) is 26.7 Å². The van der Waals surface area contributed by atoms with Crippen LogP contribution in [0.2, 0.25) is 0 Å². The number of benzene rings is 2. The Kier molecular flexibility index (Phi) is 5.43. The molecule has 3 rings (SSSR count). The topological polar surface area (TPSA) is 76.1 Å². The first kappa shape index (κ1) is 17.4. The minimum atomic E-state index is -0.324. The molecule has 1 aromatic heterocycles. The summed E-state index contributed by atoms with van der Waals surface area (Å²) in [5.41, 5.74) is 3.18. The Labute approximate surface area is 152 Å². The number of nitrogens with one attached hydrogen (secondary N) is 2. The predicted octanol–water partition coefficient (Wildman–Crippen LogP) is 3.66. The number of methoxy groups -OCH3 is 1. The van der Waals surface area contributed by atoms with Gasteiger partial charge in [0.1, 0.15) is 11.4 Å². The molecular weight excluding hydrogens is 328 g/mol. The quantitative estimate of drug-likeness (QED) is 0.711. The Hall–Kier alpha value is -3.41. The van der Waals surface area contributed by atoms with E-state index >= 15 is 0 Å². The van der Waals surface area contributed by atoms with Gasteiger partial charge in [0.05, 0.1) is 12.8 Å². The standard InChI is InChI=1S/C20H20N4O2/c1-14-6-5-7-15(12-14)13-22-20-21-11-10-17(24-20)19(25)23-16-8-3-4-9-18(16)26-2/h3-12H,13H2,1-2H3,(H,23,25)(H,21,22,24). The zero-order valence-electron chi connectivity index (χ0n) is 14.7. The van der Waals surface area contributed by atoms with Crippen molar-refractivity contribution in [3.8, 4) is 5.75 Å². The van der Waals surface area contributed by atoms with E-state index in [0.717, 1.165) is 5.56 Å². The summed E-state index contributed by atoms with van der Waals surface area (Å²) < 4.78 is 5.24. The Morgan fingerprint density at radius 2 is 1.96 bits per heavy atom. The molecule has 0 bridgehead atoms. The van der Waals surface area contributed by atoms with Gasteiger partial charge in [-0.25, -0.2) is 9.97 Å². The molecule has 26 heavy (non-hydrogen) atoms. The van der Waals surface area contributed by atoms with Gasteiger partial charge in [-0.2, -0.15) is 0 Å². The van der Waals surface area contributed by atoms with Crippen molar-refractivity contribution in [1.29, 1.82) is 0 Å². The van der Waals surface area contributed by atoms with Crippen LogP contribution in [0.3, 0.4) is 0 Å². The molecule has 0 unspecified atom stereocenters. The second-order valence-corrected chi connectivity index (χ2v) is 5.76. The van der Waals surface area contributed by atoms with Gasteiger partial charge in [0.25, 0.3) is 5.91 Å². The van der Waals surface area contributed by atoms with Crippen molar-refractivity contribution >= 4 is 17.5 Å². The third-order valence-electron chi connectivity index (χ3n) is 3.78. The molecule has 0 spiro atoms. The first-order valence-electron chi connectivity index (χ1n) is 8.22. The van der Waals surface area contributed by atoms with Gasteiger partial charge in [0.15, 0.2) is 0 Å². The molecule has 0 saturated heterocycles. The van der Waals surface area contributed by atoms with Crippen molar-refractivity contribution < 1.29 is 9.53 Å². The second-order valence-electron chi connectivity index (χ2n) is 5.76. The van der Waals surface area contributed by atoms with Crippen molar-refractivity contribution in [2.45, 2.75) is 13.5 Å². The fourth-order valence-electron chi connectivity index (χ4n) is 2.51. The summed E-state index contributed by atoms with van der Waals surface area (Å²) in [6.45, 7) is 2.63. The van der Waals surface area contributed by atoms with E-state index < -0.39 is 0 Å². The highest BCUT2D eigenvalue weighted by Crippen LogP contribution is 2.23. The number of amides is 1. The van der Waals surface area contributed by atoms with Gasteiger partial charge in [-0.05, 0) is 30.7 Å². The highest BCUT2D eigenvalue weighted by Gasteiger charge is 2.11. The Morgan fingerprint density at radius 3 is 2.77 bits per heavy atom. The SMILES string of the molecule is COc1ccccc1NC(=O)c1ccnc(NCc2cccc(C)c2)n1. The van der Waals surface area contributed by atoms with Crippen LogP contribution in [0.25, 0.3) is 0 Å². The summed E-state index contributed by atoms with van der Waals surface area (Å²) in [6.07, 6.45) is 1.56. The second kappa shape index (κ2) is 8.11. The maximum atomic E-state index is 12.5. The van der Waals surface area contributed by atoms with Crippen LogP contribution >= 0.6 is 0 Å². The molecule has 2 aromatic carbocycles. The van der Waals surface area contributed by atoms with Crippen LogP contribution in [0.5, 0.6) is 5.75 Å². The van der Waals surface area contributed by atoms with Crippen LogP contribution in [-0.4, -0.2) is 23.0 Å². The fraction of sp³-hybridized carbons (Fsp3) is 0.150. The molecule has 0 saturated carbocycles. The molecule has 2 N–H and O–H groups in total. The number of ether oxygens (including phenoxy) is 1. The summed E-state index contributed by atoms with van der Waals surface area (Å²) in [6, 6.07) is 17.0. The van der Waals surface area contributed by atoms with E-state index in [1.54, 1.807) is 31.5 Å². The molecule has 1 heterocycles. The summed E-state index contributed by atoms with van der Waals surface area (Å²) in [4.78, 5) is 20.9. The Bertz CT molecular complexity index is 912. The van der Waals surface area contributed by atoms with Gasteiger partial charge in [0, 0.05) is 12.7 Å². The summed E-state index contributed by atoms with van der Waals surface area (Å²) in [7, 11) is 1.56. The Morgan fingerprint density at radius 1 is 1.12 bits per heavy atom. The van der Waals surface area contributed by atoms with Crippen LogP contribution in [0.1, 0.15) is 21.6 Å². The molecule has 6 heteroatoms. The summed E-state index contributed by atoms with van der Waals surface area (Å²) in [5, 5.41) is 5.95. The van der Waals surface area contributed by atoms with Gasteiger partial charge in [-0.1, -0.05) is 42.0 Å². The number of nitrogens with zero attached hydrogens (tertiary/aromatic N) is 2. The fourth-order valence-corrected chi connectivity index (χ4v) is 2.51. The number of aryl methyl sites for hydroxylation is 1. The zero-order valence-corrected chi connectivity index (χ0v) is 14.7. The van der Waals surface area contributed by atoms with E-state index in [4.69, 9.17) is 4.74 Å². The molecule has 0 fully saturated rings. The van der Waals surface area contributed by atoms with Crippen molar-refractivity contribution in [2.24, 2.45) is 0 Å². The molecule has 6 nitrogen and oxygen atoms in total. The number of aromatic nitrogens is 2. The normalized spacial score (nSPS) is 10.2. The lowest BCUT2D eigenvalue weighted by atomic mass is 10.1. The minimum absolute atomic E-state index is 0.276. The lowest BCUT2D eigenvalue weighted by molar-refractivity contribution is 0.102. The number of rotatable bonds is 6. The molecule has 0 atom stereocenters. The van der Waals surface area contributed by atoms with Crippen molar-refractivity contribution in [1.82, 2.24) is 9.97 Å². The van der Waals surface area contributed by atoms with Gasteiger partial charge in [0.2, 0.25) is 5.95 Å². The van der Waals surface area contributed by atoms with E-state index in [1.165, 1.54) is 5.56 Å². The summed E-state index contributed by atoms with van der Waals surface area (Å²) >= 11 is 0. The number of anilines is 2. The van der Waals surface area contributed by atoms with Crippen LogP contribution in [0.15, 0.2) is 60.8 Å². The minimum Gasteiger partial charge on any atom is -0.495 e. The molecule has 0 aliphatic carbocycles. The first-order valence-corrected chi connectivity index (χ1v) is 8.22. The van der Waals surface area contributed by atoms with E-state index in [9.17, 15) is 4.79 Å². The first-order chi connectivity index (χ1) is 12.7. The van der Waals surface area contributed by atoms with Gasteiger partial charge in [-0.3, -0.25) is 4.79 Å². The molecule has 132 valence electrons. The molecule has 0 aliphatic rings. The highest BCUT2D eigenvalue weighted by molar-refractivity contribution is 6.03. The van der Waals surface area contributed by atoms with Gasteiger partial charge < -0.3 is 15.4 Å². The van der Waals surface area contributed by atoms with Gasteiger partial charge in [-0.15, -0.1) is 0 Å². The van der Waals surface area contributed by atoms with Crippen LogP contribution in [0.4, 0.5) is 11.6 Å². The zero-order chi connectivity index (χ0) is 18.4. The lowest BCUT2D eigenvalue weighted by Crippen LogP contribution is -2.15. The third kappa shape index (κ3) is 4.36. The van der Waals surface area contributed by atoms with Crippen LogP contribution in [0, 0.1) is 6.92 Å².